The molecule has 0 atom stereocenters. The molecule has 0 heterocycles. The fraction of sp³-hybridized carbons (Fsp3) is 0.0714. The van der Waals surface area contributed by atoms with Crippen molar-refractivity contribution in [2.75, 3.05) is 5.32 Å². The van der Waals surface area contributed by atoms with E-state index < -0.39 is 4.92 Å². The molecule has 0 radical (unpaired) electrons. The number of carbonyl (C=O) groups is 1. The van der Waals surface area contributed by atoms with Gasteiger partial charge in [-0.25, -0.2) is 0 Å². The first kappa shape index (κ1) is 12.8. The summed E-state index contributed by atoms with van der Waals surface area (Å²) < 4.78 is 0. The van der Waals surface area contributed by atoms with Crippen LogP contribution in [0.3, 0.4) is 0 Å². The van der Waals surface area contributed by atoms with E-state index in [0.717, 1.165) is 5.56 Å². The lowest BCUT2D eigenvalue weighted by molar-refractivity contribution is -0.383. The maximum Gasteiger partial charge on any atom is 0.292 e. The van der Waals surface area contributed by atoms with Gasteiger partial charge in [0.15, 0.2) is 0 Å². The van der Waals surface area contributed by atoms with Crippen LogP contribution in [0.5, 0.6) is 0 Å². The van der Waals surface area contributed by atoms with E-state index in [4.69, 9.17) is 0 Å². The van der Waals surface area contributed by atoms with Crippen LogP contribution >= 0.6 is 0 Å². The molecule has 0 spiro atoms. The Kier molecular flexibility index (Phi) is 3.56. The van der Waals surface area contributed by atoms with E-state index in [2.05, 4.69) is 5.32 Å². The SMILES string of the molecule is Cc1ccc(C(=O)Nc2ccccc2[N+](=O)[O-])cc1. The van der Waals surface area contributed by atoms with Crippen LogP contribution in [-0.2, 0) is 0 Å². The molecule has 0 aliphatic rings. The highest BCUT2D eigenvalue weighted by molar-refractivity contribution is 6.05. The first-order chi connectivity index (χ1) is 9.08. The van der Waals surface area contributed by atoms with Crippen LogP contribution in [0, 0.1) is 17.0 Å². The van der Waals surface area contributed by atoms with Crippen LogP contribution in [0.2, 0.25) is 0 Å². The highest BCUT2D eigenvalue weighted by Crippen LogP contribution is 2.23. The Morgan fingerprint density at radius 3 is 2.37 bits per heavy atom. The fourth-order valence-corrected chi connectivity index (χ4v) is 1.64. The third-order valence-electron chi connectivity index (χ3n) is 2.66. The lowest BCUT2D eigenvalue weighted by Gasteiger charge is -2.06. The standard InChI is InChI=1S/C14H12N2O3/c1-10-6-8-11(9-7-10)14(17)15-12-4-2-3-5-13(12)16(18)19/h2-9H,1H3,(H,15,17). The number of anilines is 1. The molecule has 5 nitrogen and oxygen atoms in total. The zero-order chi connectivity index (χ0) is 13.8. The number of benzene rings is 2. The van der Waals surface area contributed by atoms with E-state index in [-0.39, 0.29) is 17.3 Å². The number of aryl methyl sites for hydroxylation is 1. The molecule has 0 saturated carbocycles. The summed E-state index contributed by atoms with van der Waals surface area (Å²) in [6, 6.07) is 13.0. The Morgan fingerprint density at radius 2 is 1.74 bits per heavy atom. The molecule has 0 fully saturated rings. The van der Waals surface area contributed by atoms with Gasteiger partial charge in [-0.2, -0.15) is 0 Å². The van der Waals surface area contributed by atoms with Crippen molar-refractivity contribution >= 4 is 17.3 Å². The van der Waals surface area contributed by atoms with Crippen molar-refractivity contribution in [1.82, 2.24) is 0 Å². The van der Waals surface area contributed by atoms with Crippen LogP contribution in [0.15, 0.2) is 48.5 Å². The van der Waals surface area contributed by atoms with Gasteiger partial charge >= 0.3 is 0 Å². The molecule has 0 aromatic heterocycles. The second kappa shape index (κ2) is 5.30. The quantitative estimate of drug-likeness (QED) is 0.677. The number of nitrogens with one attached hydrogen (secondary N) is 1. The van der Waals surface area contributed by atoms with Crippen LogP contribution in [0.4, 0.5) is 11.4 Å². The number of nitrogens with zero attached hydrogens (tertiary/aromatic N) is 1. The maximum absolute atomic E-state index is 12.0. The number of para-hydroxylation sites is 2. The topological polar surface area (TPSA) is 72.2 Å². The third-order valence-corrected chi connectivity index (χ3v) is 2.66. The lowest BCUT2D eigenvalue weighted by atomic mass is 10.1. The van der Waals surface area contributed by atoms with Crippen molar-refractivity contribution in [3.05, 3.63) is 69.8 Å². The zero-order valence-corrected chi connectivity index (χ0v) is 10.3. The summed E-state index contributed by atoms with van der Waals surface area (Å²) in [4.78, 5) is 22.3. The number of carbonyl (C=O) groups excluding carboxylic acids is 1. The highest BCUT2D eigenvalue weighted by Gasteiger charge is 2.15. The highest BCUT2D eigenvalue weighted by atomic mass is 16.6. The predicted octanol–water partition coefficient (Wildman–Crippen LogP) is 3.16. The minimum Gasteiger partial charge on any atom is -0.316 e. The molecular formula is C14H12N2O3. The van der Waals surface area contributed by atoms with Gasteiger partial charge in [-0.3, -0.25) is 14.9 Å². The van der Waals surface area contributed by atoms with E-state index in [0.29, 0.717) is 5.56 Å². The van der Waals surface area contributed by atoms with Gasteiger partial charge in [0.1, 0.15) is 5.69 Å². The second-order valence-corrected chi connectivity index (χ2v) is 4.09. The molecule has 5 heteroatoms. The average molecular weight is 256 g/mol. The van der Waals surface area contributed by atoms with Crippen LogP contribution < -0.4 is 5.32 Å². The van der Waals surface area contributed by atoms with Crippen molar-refractivity contribution in [2.45, 2.75) is 6.92 Å². The number of rotatable bonds is 3. The van der Waals surface area contributed by atoms with Crippen LogP contribution in [0.1, 0.15) is 15.9 Å². The van der Waals surface area contributed by atoms with Crippen LogP contribution in [-0.4, -0.2) is 10.8 Å². The van der Waals surface area contributed by atoms with E-state index in [1.54, 1.807) is 24.3 Å². The summed E-state index contributed by atoms with van der Waals surface area (Å²) in [5.41, 5.74) is 1.58. The minimum atomic E-state index is -0.523. The fourth-order valence-electron chi connectivity index (χ4n) is 1.64. The first-order valence-corrected chi connectivity index (χ1v) is 5.69. The van der Waals surface area contributed by atoms with Gasteiger partial charge in [-0.05, 0) is 25.1 Å². The molecular weight excluding hydrogens is 244 g/mol. The Balaban J connectivity index is 2.24. The number of nitro groups is 1. The molecule has 2 aromatic rings. The number of nitro benzene ring substituents is 1. The summed E-state index contributed by atoms with van der Waals surface area (Å²) in [5.74, 6) is -0.366. The number of hydrogen-bond acceptors (Lipinski definition) is 3. The summed E-state index contributed by atoms with van der Waals surface area (Å²) in [6.07, 6.45) is 0. The molecule has 0 aliphatic carbocycles. The molecule has 0 bridgehead atoms. The van der Waals surface area contributed by atoms with Gasteiger partial charge in [0.25, 0.3) is 11.6 Å². The van der Waals surface area contributed by atoms with Crippen molar-refractivity contribution in [1.29, 1.82) is 0 Å². The Labute approximate surface area is 110 Å². The summed E-state index contributed by atoms with van der Waals surface area (Å²) in [6.45, 7) is 1.92. The van der Waals surface area contributed by atoms with E-state index >= 15 is 0 Å². The molecule has 1 amide bonds. The molecule has 0 saturated heterocycles. The van der Waals surface area contributed by atoms with Gasteiger partial charge in [0.2, 0.25) is 0 Å². The molecule has 19 heavy (non-hydrogen) atoms. The Morgan fingerprint density at radius 1 is 1.11 bits per heavy atom. The second-order valence-electron chi connectivity index (χ2n) is 4.09. The van der Waals surface area contributed by atoms with Gasteiger partial charge in [0, 0.05) is 11.6 Å². The maximum atomic E-state index is 12.0. The molecule has 0 unspecified atom stereocenters. The summed E-state index contributed by atoms with van der Waals surface area (Å²) in [7, 11) is 0. The molecule has 2 rings (SSSR count). The monoisotopic (exact) mass is 256 g/mol. The van der Waals surface area contributed by atoms with Gasteiger partial charge in [-0.1, -0.05) is 29.8 Å². The van der Waals surface area contributed by atoms with Gasteiger partial charge in [0.05, 0.1) is 4.92 Å². The average Bonchev–Trinajstić information content (AvgIpc) is 2.39. The summed E-state index contributed by atoms with van der Waals surface area (Å²) >= 11 is 0. The van der Waals surface area contributed by atoms with Crippen molar-refractivity contribution in [3.63, 3.8) is 0 Å². The molecule has 2 aromatic carbocycles. The first-order valence-electron chi connectivity index (χ1n) is 5.69. The minimum absolute atomic E-state index is 0.122. The van der Waals surface area contributed by atoms with E-state index in [1.807, 2.05) is 19.1 Å². The van der Waals surface area contributed by atoms with E-state index in [1.165, 1.54) is 12.1 Å². The van der Waals surface area contributed by atoms with E-state index in [9.17, 15) is 14.9 Å². The summed E-state index contributed by atoms with van der Waals surface area (Å²) in [5, 5.41) is 13.4. The Hall–Kier alpha value is -2.69. The smallest absolute Gasteiger partial charge is 0.292 e. The lowest BCUT2D eigenvalue weighted by Crippen LogP contribution is -2.12. The number of amides is 1. The zero-order valence-electron chi connectivity index (χ0n) is 10.3. The number of hydrogen-bond donors (Lipinski definition) is 1. The van der Waals surface area contributed by atoms with Crippen LogP contribution in [0.25, 0.3) is 0 Å². The van der Waals surface area contributed by atoms with Crippen molar-refractivity contribution < 1.29 is 9.72 Å². The van der Waals surface area contributed by atoms with Crippen molar-refractivity contribution in [3.8, 4) is 0 Å². The molecule has 96 valence electrons. The normalized spacial score (nSPS) is 9.95. The predicted molar refractivity (Wildman–Crippen MR) is 72.2 cm³/mol. The Bertz CT molecular complexity index is 621. The molecule has 1 N–H and O–H groups in total. The van der Waals surface area contributed by atoms with Crippen molar-refractivity contribution in [2.24, 2.45) is 0 Å². The molecule has 0 aliphatic heterocycles. The van der Waals surface area contributed by atoms with Gasteiger partial charge < -0.3 is 5.32 Å². The largest absolute Gasteiger partial charge is 0.316 e. The van der Waals surface area contributed by atoms with Gasteiger partial charge in [-0.15, -0.1) is 0 Å². The third kappa shape index (κ3) is 2.95.